The molecule has 0 saturated carbocycles. The maximum atomic E-state index is 13.1. The van der Waals surface area contributed by atoms with Crippen LogP contribution in [0.5, 0.6) is 0 Å². The summed E-state index contributed by atoms with van der Waals surface area (Å²) in [5.74, 6) is 0.349. The van der Waals surface area contributed by atoms with Crippen molar-refractivity contribution < 1.29 is 4.79 Å². The summed E-state index contributed by atoms with van der Waals surface area (Å²) in [5, 5.41) is 0.782. The third-order valence-electron chi connectivity index (χ3n) is 6.18. The van der Waals surface area contributed by atoms with Crippen LogP contribution in [-0.4, -0.2) is 46.9 Å². The number of pyridine rings is 1. The fourth-order valence-electron chi connectivity index (χ4n) is 4.47. The predicted octanol–water partition coefficient (Wildman–Crippen LogP) is 4.19. The predicted molar refractivity (Wildman–Crippen MR) is 112 cm³/mol. The molecule has 1 amide bonds. The van der Waals surface area contributed by atoms with E-state index in [2.05, 4.69) is 22.4 Å². The SMILES string of the molecule is O=C1N(Cc2cccnc2)CCC12CCN(CC[CH]c1cccc(Cl)c1)CC2. The van der Waals surface area contributed by atoms with E-state index in [-0.39, 0.29) is 5.41 Å². The summed E-state index contributed by atoms with van der Waals surface area (Å²) in [4.78, 5) is 21.8. The Hall–Kier alpha value is -1.91. The lowest BCUT2D eigenvalue weighted by Crippen LogP contribution is -2.44. The molecule has 4 rings (SSSR count). The molecule has 2 aromatic rings. The van der Waals surface area contributed by atoms with Crippen molar-refractivity contribution in [1.82, 2.24) is 14.8 Å². The molecule has 147 valence electrons. The number of aromatic nitrogens is 1. The van der Waals surface area contributed by atoms with Gasteiger partial charge in [0.25, 0.3) is 0 Å². The van der Waals surface area contributed by atoms with Crippen molar-refractivity contribution in [3.8, 4) is 0 Å². The van der Waals surface area contributed by atoms with Gasteiger partial charge in [0.2, 0.25) is 5.91 Å². The fraction of sp³-hybridized carbons (Fsp3) is 0.435. The largest absolute Gasteiger partial charge is 0.338 e. The van der Waals surface area contributed by atoms with Crippen LogP contribution in [-0.2, 0) is 11.3 Å². The summed E-state index contributed by atoms with van der Waals surface area (Å²) in [6, 6.07) is 12.0. The summed E-state index contributed by atoms with van der Waals surface area (Å²) in [5.41, 5.74) is 2.16. The Balaban J connectivity index is 1.25. The van der Waals surface area contributed by atoms with Gasteiger partial charge in [-0.05, 0) is 81.1 Å². The highest BCUT2D eigenvalue weighted by atomic mass is 35.5. The maximum absolute atomic E-state index is 13.1. The highest BCUT2D eigenvalue weighted by Gasteiger charge is 2.47. The molecule has 28 heavy (non-hydrogen) atoms. The number of carbonyl (C=O) groups is 1. The highest BCUT2D eigenvalue weighted by Crippen LogP contribution is 2.42. The molecule has 2 aliphatic rings. The minimum atomic E-state index is -0.130. The molecule has 1 radical (unpaired) electrons. The Kier molecular flexibility index (Phi) is 5.98. The Morgan fingerprint density at radius 2 is 1.93 bits per heavy atom. The summed E-state index contributed by atoms with van der Waals surface area (Å²) in [6.45, 7) is 4.62. The smallest absolute Gasteiger partial charge is 0.229 e. The van der Waals surface area contributed by atoms with E-state index >= 15 is 0 Å². The van der Waals surface area contributed by atoms with Gasteiger partial charge in [0.05, 0.1) is 5.41 Å². The second-order valence-corrected chi connectivity index (χ2v) is 8.44. The average Bonchev–Trinajstić information content (AvgIpc) is 3.00. The van der Waals surface area contributed by atoms with Crippen LogP contribution >= 0.6 is 11.6 Å². The second-order valence-electron chi connectivity index (χ2n) is 8.01. The van der Waals surface area contributed by atoms with Gasteiger partial charge in [-0.1, -0.05) is 29.8 Å². The van der Waals surface area contributed by atoms with Crippen LogP contribution in [0, 0.1) is 11.8 Å². The third kappa shape index (κ3) is 4.39. The van der Waals surface area contributed by atoms with Crippen molar-refractivity contribution in [1.29, 1.82) is 0 Å². The maximum Gasteiger partial charge on any atom is 0.229 e. The molecule has 2 aliphatic heterocycles. The van der Waals surface area contributed by atoms with Crippen molar-refractivity contribution in [2.75, 3.05) is 26.2 Å². The van der Waals surface area contributed by atoms with Gasteiger partial charge in [-0.25, -0.2) is 0 Å². The molecule has 0 aliphatic carbocycles. The highest BCUT2D eigenvalue weighted by molar-refractivity contribution is 6.30. The van der Waals surface area contributed by atoms with E-state index in [0.717, 1.165) is 62.4 Å². The number of benzene rings is 1. The van der Waals surface area contributed by atoms with E-state index in [9.17, 15) is 4.79 Å². The van der Waals surface area contributed by atoms with Gasteiger partial charge in [-0.3, -0.25) is 9.78 Å². The normalized spacial score (nSPS) is 19.5. The first kappa shape index (κ1) is 19.4. The van der Waals surface area contributed by atoms with Gasteiger partial charge in [0.1, 0.15) is 0 Å². The number of hydrogen-bond acceptors (Lipinski definition) is 3. The molecule has 3 heterocycles. The summed E-state index contributed by atoms with van der Waals surface area (Å²) in [7, 11) is 0. The average molecular weight is 397 g/mol. The van der Waals surface area contributed by atoms with Gasteiger partial charge in [0, 0.05) is 30.5 Å². The van der Waals surface area contributed by atoms with E-state index in [0.29, 0.717) is 12.5 Å². The van der Waals surface area contributed by atoms with Crippen LogP contribution in [0.25, 0.3) is 0 Å². The number of likely N-dealkylation sites (tertiary alicyclic amines) is 2. The number of hydrogen-bond donors (Lipinski definition) is 0. The lowest BCUT2D eigenvalue weighted by molar-refractivity contribution is -0.138. The van der Waals surface area contributed by atoms with E-state index in [1.165, 1.54) is 5.56 Å². The molecule has 0 bridgehead atoms. The molecule has 5 heteroatoms. The van der Waals surface area contributed by atoms with Crippen LogP contribution in [0.4, 0.5) is 0 Å². The molecule has 1 aromatic carbocycles. The molecule has 4 nitrogen and oxygen atoms in total. The molecule has 1 spiro atoms. The minimum Gasteiger partial charge on any atom is -0.338 e. The number of nitrogens with zero attached hydrogens (tertiary/aromatic N) is 3. The number of piperidine rings is 1. The topological polar surface area (TPSA) is 36.4 Å². The number of halogens is 1. The van der Waals surface area contributed by atoms with Crippen molar-refractivity contribution in [2.24, 2.45) is 5.41 Å². The van der Waals surface area contributed by atoms with Crippen molar-refractivity contribution in [2.45, 2.75) is 32.2 Å². The van der Waals surface area contributed by atoms with Gasteiger partial charge >= 0.3 is 0 Å². The van der Waals surface area contributed by atoms with E-state index in [4.69, 9.17) is 11.6 Å². The molecule has 2 fully saturated rings. The van der Waals surface area contributed by atoms with Crippen molar-refractivity contribution in [3.05, 3.63) is 71.4 Å². The lowest BCUT2D eigenvalue weighted by atomic mass is 9.77. The summed E-state index contributed by atoms with van der Waals surface area (Å²) >= 11 is 6.05. The molecule has 0 N–H and O–H groups in total. The van der Waals surface area contributed by atoms with Gasteiger partial charge in [-0.15, -0.1) is 0 Å². The lowest BCUT2D eigenvalue weighted by Gasteiger charge is -2.38. The Bertz CT molecular complexity index is 803. The van der Waals surface area contributed by atoms with Crippen molar-refractivity contribution in [3.63, 3.8) is 0 Å². The Morgan fingerprint density at radius 3 is 2.68 bits per heavy atom. The summed E-state index contributed by atoms with van der Waals surface area (Å²) in [6.07, 6.45) is 9.84. The fourth-order valence-corrected chi connectivity index (χ4v) is 4.67. The Morgan fingerprint density at radius 1 is 1.11 bits per heavy atom. The zero-order chi connectivity index (χ0) is 19.4. The van der Waals surface area contributed by atoms with E-state index in [1.54, 1.807) is 6.20 Å². The van der Waals surface area contributed by atoms with Crippen LogP contribution in [0.1, 0.15) is 36.8 Å². The minimum absolute atomic E-state index is 0.130. The molecule has 2 saturated heterocycles. The van der Waals surface area contributed by atoms with Gasteiger partial charge < -0.3 is 9.80 Å². The third-order valence-corrected chi connectivity index (χ3v) is 6.42. The molecular weight excluding hydrogens is 370 g/mol. The molecule has 0 unspecified atom stereocenters. The standard InChI is InChI=1S/C23H27ClN3O/c24-21-7-1-4-19(16-21)6-3-12-26-13-8-23(9-14-26)10-15-27(22(23)28)18-20-5-2-11-25-17-20/h1-2,4-7,11,16-17H,3,8-10,12-15,18H2. The van der Waals surface area contributed by atoms with Crippen LogP contribution in [0.2, 0.25) is 5.02 Å². The zero-order valence-electron chi connectivity index (χ0n) is 16.2. The first-order valence-corrected chi connectivity index (χ1v) is 10.5. The zero-order valence-corrected chi connectivity index (χ0v) is 16.9. The monoisotopic (exact) mass is 396 g/mol. The number of rotatable bonds is 6. The van der Waals surface area contributed by atoms with Gasteiger partial charge in [0.15, 0.2) is 0 Å². The number of carbonyl (C=O) groups excluding carboxylic acids is 1. The Labute approximate surface area is 172 Å². The van der Waals surface area contributed by atoms with Crippen LogP contribution in [0.3, 0.4) is 0 Å². The molecule has 0 atom stereocenters. The molecule has 1 aromatic heterocycles. The number of amides is 1. The van der Waals surface area contributed by atoms with Gasteiger partial charge in [-0.2, -0.15) is 0 Å². The second kappa shape index (κ2) is 8.62. The first-order chi connectivity index (χ1) is 13.6. The quantitative estimate of drug-likeness (QED) is 0.734. The van der Waals surface area contributed by atoms with E-state index in [1.807, 2.05) is 41.4 Å². The van der Waals surface area contributed by atoms with Crippen LogP contribution in [0.15, 0.2) is 48.8 Å². The van der Waals surface area contributed by atoms with Crippen LogP contribution < -0.4 is 0 Å². The first-order valence-electron chi connectivity index (χ1n) is 10.1. The summed E-state index contributed by atoms with van der Waals surface area (Å²) < 4.78 is 0. The molecular formula is C23H27ClN3O. The van der Waals surface area contributed by atoms with Crippen molar-refractivity contribution >= 4 is 17.5 Å². The van der Waals surface area contributed by atoms with E-state index < -0.39 is 0 Å².